The number of ether oxygens (including phenoxy) is 1. The van der Waals surface area contributed by atoms with Crippen LogP contribution < -0.4 is 27.0 Å². The lowest BCUT2D eigenvalue weighted by Crippen LogP contribution is -2.25. The van der Waals surface area contributed by atoms with Crippen LogP contribution in [0.4, 0.5) is 0 Å². The lowest BCUT2D eigenvalue weighted by Gasteiger charge is -2.21. The molecule has 139 heavy (non-hydrogen) atoms. The minimum absolute atomic E-state index is 0.0225. The zero-order valence-electron chi connectivity index (χ0n) is 77.3. The normalized spacial score (nSPS) is 12.3. The summed E-state index contributed by atoms with van der Waals surface area (Å²) >= 11 is 7.90. The smallest absolute Gasteiger partial charge is 0.273 e. The molecule has 23 aromatic rings. The molecule has 0 aliphatic carbocycles. The van der Waals surface area contributed by atoms with E-state index in [4.69, 9.17) is 4.74 Å². The first-order chi connectivity index (χ1) is 68.1. The van der Waals surface area contributed by atoms with Crippen LogP contribution in [0.5, 0.6) is 5.19 Å². The number of aryl methyl sites for hydroxylation is 2. The molecule has 0 spiro atoms. The van der Waals surface area contributed by atoms with Crippen LogP contribution in [-0.4, -0.2) is 84.8 Å². The number of pyridine rings is 9. The first kappa shape index (κ1) is 91.3. The Balaban J connectivity index is 0.000000114. The summed E-state index contributed by atoms with van der Waals surface area (Å²) in [5.41, 5.74) is 27.5. The molecule has 0 unspecified atom stereocenters. The summed E-state index contributed by atoms with van der Waals surface area (Å²) in [4.78, 5) is 108. The topological polar surface area (TPSA) is 244 Å². The van der Waals surface area contributed by atoms with Crippen LogP contribution >= 0.6 is 56.7 Å². The number of aromatic nitrogens is 16. The number of unbranched alkanes of at least 4 members (excludes halogenated alkanes) is 1. The van der Waals surface area contributed by atoms with Gasteiger partial charge in [-0.05, 0) is 175 Å². The van der Waals surface area contributed by atoms with Crippen LogP contribution in [0, 0.1) is 0 Å². The third-order valence-corrected chi connectivity index (χ3v) is 29.6. The Morgan fingerprint density at radius 2 is 0.683 bits per heavy atom. The number of hydrogen-bond acceptors (Lipinski definition) is 21. The number of benzene rings is 8. The predicted molar refractivity (Wildman–Crippen MR) is 568 cm³/mol. The van der Waals surface area contributed by atoms with Crippen LogP contribution in [0.1, 0.15) is 122 Å². The zero-order valence-corrected chi connectivity index (χ0v) is 81.3. The van der Waals surface area contributed by atoms with E-state index in [0.29, 0.717) is 47.0 Å². The van der Waals surface area contributed by atoms with Crippen molar-refractivity contribution < 1.29 is 4.74 Å². The Bertz CT molecular complexity index is 8670. The van der Waals surface area contributed by atoms with Crippen molar-refractivity contribution in [2.24, 2.45) is 7.05 Å². The molecule has 21 nitrogen and oxygen atoms in total. The molecule has 0 aliphatic heterocycles. The maximum Gasteiger partial charge on any atom is 0.273 e. The molecule has 0 N–H and O–H groups in total. The largest absolute Gasteiger partial charge is 0.473 e. The zero-order chi connectivity index (χ0) is 95.2. The van der Waals surface area contributed by atoms with Crippen molar-refractivity contribution >= 4 is 141 Å². The molecule has 15 aromatic heterocycles. The fraction of sp³-hybridized carbons (Fsp3) is 0.159. The fourth-order valence-corrected chi connectivity index (χ4v) is 22.3. The number of methoxy groups -OCH3 is 1. The van der Waals surface area contributed by atoms with Gasteiger partial charge in [0, 0.05) is 136 Å². The third kappa shape index (κ3) is 18.7. The molecule has 0 radical (unpaired) electrons. The van der Waals surface area contributed by atoms with Crippen LogP contribution in [0.2, 0.25) is 0 Å². The van der Waals surface area contributed by atoms with Crippen LogP contribution in [0.25, 0.3) is 140 Å². The first-order valence-electron chi connectivity index (χ1n) is 46.1. The van der Waals surface area contributed by atoms with E-state index < -0.39 is 0 Å². The van der Waals surface area contributed by atoms with Crippen molar-refractivity contribution in [2.75, 3.05) is 7.11 Å². The summed E-state index contributed by atoms with van der Waals surface area (Å²) in [5.74, 6) is 0.173. The van der Waals surface area contributed by atoms with Gasteiger partial charge in [-0.2, -0.15) is 0 Å². The van der Waals surface area contributed by atoms with Crippen LogP contribution in [-0.2, 0) is 39.2 Å². The van der Waals surface area contributed by atoms with Gasteiger partial charge in [0.1, 0.15) is 22.1 Å². The van der Waals surface area contributed by atoms with Gasteiger partial charge in [0.05, 0.1) is 115 Å². The van der Waals surface area contributed by atoms with E-state index >= 15 is 0 Å². The summed E-state index contributed by atoms with van der Waals surface area (Å²) < 4.78 is 19.2. The van der Waals surface area contributed by atoms with Crippen molar-refractivity contribution in [3.8, 4) is 60.9 Å². The third-order valence-electron chi connectivity index (χ3n) is 25.4. The predicted octanol–water partition coefficient (Wildman–Crippen LogP) is 25.3. The molecule has 686 valence electrons. The number of hydrogen-bond donors (Lipinski definition) is 0. The van der Waals surface area contributed by atoms with Gasteiger partial charge in [0.2, 0.25) is 0 Å². The second-order valence-corrected chi connectivity index (χ2v) is 39.1. The lowest BCUT2D eigenvalue weighted by atomic mass is 9.95. The average Bonchev–Trinajstić information content (AvgIpc) is 1.57. The number of imidazole rings is 1. The maximum atomic E-state index is 14.2. The average molecular weight is 1920 g/mol. The molecule has 4 atom stereocenters. The van der Waals surface area contributed by atoms with E-state index in [9.17, 15) is 19.2 Å². The van der Waals surface area contributed by atoms with Crippen LogP contribution in [0.3, 0.4) is 0 Å². The quantitative estimate of drug-likeness (QED) is 0.0578. The molecule has 0 bridgehead atoms. The second kappa shape index (κ2) is 40.8. The highest BCUT2D eigenvalue weighted by Gasteiger charge is 2.28. The highest BCUT2D eigenvalue weighted by atomic mass is 32.1. The molecule has 0 amide bonds. The molecule has 0 saturated heterocycles. The Kier molecular flexibility index (Phi) is 26.8. The van der Waals surface area contributed by atoms with Gasteiger partial charge >= 0.3 is 0 Å². The number of thiazole rings is 5. The molecule has 0 fully saturated rings. The van der Waals surface area contributed by atoms with E-state index in [1.807, 2.05) is 301 Å². The lowest BCUT2D eigenvalue weighted by molar-refractivity contribution is 0.412. The fourth-order valence-electron chi connectivity index (χ4n) is 18.7. The summed E-state index contributed by atoms with van der Waals surface area (Å²) in [7, 11) is 3.53. The SMILES string of the molecule is CCCCc1cccc2cc([C@H](C)Cc3nccc4scnc34)n(-c3ccccc3)c(=O)c12.COc1ncc(-c2cccc3cc([C@H](C)Cc4nccc5scnc45)n(-c4ccccc4)c(=O)c23)s1.C[C@H](Cc1nccc2scnc12)c1cc2cccc(-c3ccccn3)c2c(=O)n1-c1ccccc1.C[C@H](Cc1nccc2scnc12)c1cc2cccc(-c3cn(C)cn3)c2c(=O)n1-c1ccccc1. The monoisotopic (exact) mass is 1910 g/mol. The summed E-state index contributed by atoms with van der Waals surface area (Å²) in [6.45, 7) is 10.8. The minimum Gasteiger partial charge on any atom is -0.473 e. The Morgan fingerprint density at radius 1 is 0.338 bits per heavy atom. The number of rotatable bonds is 23. The van der Waals surface area contributed by atoms with Gasteiger partial charge in [-0.3, -0.25) is 62.4 Å². The van der Waals surface area contributed by atoms with E-state index in [0.717, 1.165) is 194 Å². The number of fused-ring (bicyclic) bond motifs is 8. The summed E-state index contributed by atoms with van der Waals surface area (Å²) in [6, 6.07) is 86.0. The van der Waals surface area contributed by atoms with Gasteiger partial charge in [0.25, 0.3) is 27.4 Å². The van der Waals surface area contributed by atoms with Crippen molar-refractivity contribution in [2.45, 2.75) is 103 Å². The maximum absolute atomic E-state index is 14.2. The number of para-hydroxylation sites is 4. The summed E-state index contributed by atoms with van der Waals surface area (Å²) in [5, 5.41) is 7.16. The Labute approximate surface area is 820 Å². The minimum atomic E-state index is -0.0525. The van der Waals surface area contributed by atoms with E-state index in [2.05, 4.69) is 132 Å². The molecule has 0 aliphatic rings. The molecular formula is C113H94N16O5S5. The van der Waals surface area contributed by atoms with Gasteiger partial charge < -0.3 is 9.30 Å². The van der Waals surface area contributed by atoms with E-state index in [-0.39, 0.29) is 45.9 Å². The standard InChI is InChI=1S/C29H22N4OS.C28H23N5OS.C28H22N4O2S2.C28H27N3OS/c1-19(16-24-28-26(13-15-31-24)35-18-32-28)25-17-20-8-7-11-22(23-12-5-6-14-30-23)27(20)29(34)33(25)21-9-3-2-4-10-21;1-18(13-22-27-25(11-12-29-22)35-17-31-27)24-14-19-7-6-10-21(23-15-32(2)16-30-23)26(19)28(34)33(24)20-8-4-3-5-9-20;1-17(13-21-26-23(11-12-29-21)35-16-31-26)22-14-18-7-6-10-20(24-15-30-28(34-2)36-24)25(18)27(33)32(22)19-8-4-3-5-9-19;1-3-4-9-20-10-8-11-21-17-24(31(28(32)26(20)21)22-12-6-5-7-13-22)19(2)16-23-27-25(14-15-29-23)33-18-30-27/h2-15,17-19H,16H2,1H3;3-12,14-18H,13H2,1-2H3;3-12,14-17H,13H2,1-2H3;5-8,10-15,17-19H,3-4,9,16H2,1-2H3/t19-;18-;17-;19-/m1111/s1. The summed E-state index contributed by atoms with van der Waals surface area (Å²) in [6.07, 6.45) is 20.4. The van der Waals surface area contributed by atoms with Gasteiger partial charge in [0.15, 0.2) is 0 Å². The van der Waals surface area contributed by atoms with Gasteiger partial charge in [-0.15, -0.1) is 45.3 Å². The molecule has 8 aromatic carbocycles. The highest BCUT2D eigenvalue weighted by molar-refractivity contribution is 7.18. The number of nitrogens with zero attached hydrogens (tertiary/aromatic N) is 16. The second-order valence-electron chi connectivity index (χ2n) is 34.6. The van der Waals surface area contributed by atoms with E-state index in [1.54, 1.807) is 71.2 Å². The molecule has 0 saturated carbocycles. The van der Waals surface area contributed by atoms with Crippen molar-refractivity contribution in [1.82, 2.24) is 77.7 Å². The van der Waals surface area contributed by atoms with E-state index in [1.165, 1.54) is 11.3 Å². The molecule has 15 heterocycles. The first-order valence-corrected chi connectivity index (χ1v) is 50.5. The van der Waals surface area contributed by atoms with Crippen LogP contribution in [0.15, 0.2) is 352 Å². The van der Waals surface area contributed by atoms with Crippen molar-refractivity contribution in [3.63, 3.8) is 0 Å². The van der Waals surface area contributed by atoms with Crippen molar-refractivity contribution in [3.05, 3.63) is 425 Å². The molecule has 26 heteroatoms. The molecule has 23 rings (SSSR count). The Morgan fingerprint density at radius 3 is 1.03 bits per heavy atom. The van der Waals surface area contributed by atoms with Gasteiger partial charge in [-0.25, -0.2) is 29.9 Å². The molecular weight excluding hydrogens is 1820 g/mol. The highest BCUT2D eigenvalue weighted by Crippen LogP contribution is 2.40. The van der Waals surface area contributed by atoms with Gasteiger partial charge in [-0.1, -0.05) is 204 Å². The van der Waals surface area contributed by atoms with Crippen molar-refractivity contribution in [1.29, 1.82) is 0 Å². The Hall–Kier alpha value is -15.5.